The monoisotopic (exact) mass is 390 g/mol. The molecule has 0 unspecified atom stereocenters. The van der Waals surface area contributed by atoms with E-state index in [9.17, 15) is 14.4 Å². The zero-order chi connectivity index (χ0) is 20.4. The van der Waals surface area contributed by atoms with E-state index >= 15 is 0 Å². The van der Waals surface area contributed by atoms with E-state index < -0.39 is 17.2 Å². The molecule has 2 aromatic carbocycles. The standard InChI is InChI=1S/C22H22N4O3/c1-16-9-5-6-10-17(16)15-25-21(28)19(20(27)24-13-7-8-14-24)23-26(22(25)29)18-11-3-2-4-12-18/h2-6,9-12H,7-8,13-15H2,1H3. The molecule has 7 nitrogen and oxygen atoms in total. The number of benzene rings is 2. The van der Waals surface area contributed by atoms with Gasteiger partial charge in [-0.1, -0.05) is 42.5 Å². The summed E-state index contributed by atoms with van der Waals surface area (Å²) in [7, 11) is 0. The van der Waals surface area contributed by atoms with Crippen LogP contribution in [0.3, 0.4) is 0 Å². The third kappa shape index (κ3) is 3.63. The van der Waals surface area contributed by atoms with Gasteiger partial charge in [-0.25, -0.2) is 4.79 Å². The highest BCUT2D eigenvalue weighted by molar-refractivity contribution is 5.92. The van der Waals surface area contributed by atoms with Gasteiger partial charge < -0.3 is 4.90 Å². The molecule has 0 aliphatic carbocycles. The fourth-order valence-electron chi connectivity index (χ4n) is 3.55. The molecule has 1 aromatic heterocycles. The van der Waals surface area contributed by atoms with Gasteiger partial charge in [0, 0.05) is 13.1 Å². The molecule has 3 aromatic rings. The van der Waals surface area contributed by atoms with Crippen LogP contribution in [0.2, 0.25) is 0 Å². The molecule has 1 saturated heterocycles. The number of aromatic nitrogens is 3. The minimum Gasteiger partial charge on any atom is -0.337 e. The van der Waals surface area contributed by atoms with Crippen molar-refractivity contribution in [2.24, 2.45) is 0 Å². The largest absolute Gasteiger partial charge is 0.352 e. The minimum absolute atomic E-state index is 0.0833. The molecular formula is C22H22N4O3. The quantitative estimate of drug-likeness (QED) is 0.683. The number of hydrogen-bond donors (Lipinski definition) is 0. The molecule has 0 saturated carbocycles. The fourth-order valence-corrected chi connectivity index (χ4v) is 3.55. The second-order valence-electron chi connectivity index (χ2n) is 7.20. The zero-order valence-electron chi connectivity index (χ0n) is 16.2. The van der Waals surface area contributed by atoms with Gasteiger partial charge >= 0.3 is 5.69 Å². The molecule has 148 valence electrons. The highest BCUT2D eigenvalue weighted by Gasteiger charge is 2.26. The Kier molecular flexibility index (Phi) is 5.12. The molecule has 1 amide bonds. The Morgan fingerprint density at radius 3 is 2.31 bits per heavy atom. The minimum atomic E-state index is -0.651. The summed E-state index contributed by atoms with van der Waals surface area (Å²) in [5.74, 6) is -0.421. The van der Waals surface area contributed by atoms with Gasteiger partial charge in [0.15, 0.2) is 0 Å². The van der Waals surface area contributed by atoms with E-state index in [1.807, 2.05) is 37.3 Å². The number of para-hydroxylation sites is 1. The lowest BCUT2D eigenvalue weighted by atomic mass is 10.1. The lowest BCUT2D eigenvalue weighted by Gasteiger charge is -2.17. The van der Waals surface area contributed by atoms with Crippen molar-refractivity contribution in [3.05, 3.63) is 92.3 Å². The van der Waals surface area contributed by atoms with E-state index in [2.05, 4.69) is 5.10 Å². The molecule has 0 bridgehead atoms. The molecule has 0 N–H and O–H groups in total. The van der Waals surface area contributed by atoms with E-state index in [0.29, 0.717) is 18.8 Å². The van der Waals surface area contributed by atoms with Crippen molar-refractivity contribution in [3.63, 3.8) is 0 Å². The summed E-state index contributed by atoms with van der Waals surface area (Å²) in [4.78, 5) is 40.9. The maximum atomic E-state index is 13.1. The normalized spacial score (nSPS) is 13.6. The van der Waals surface area contributed by atoms with Crippen molar-refractivity contribution in [1.82, 2.24) is 19.2 Å². The Balaban J connectivity index is 1.90. The summed E-state index contributed by atoms with van der Waals surface area (Å²) in [6, 6.07) is 16.4. The summed E-state index contributed by atoms with van der Waals surface area (Å²) < 4.78 is 2.24. The lowest BCUT2D eigenvalue weighted by Crippen LogP contribution is -2.46. The topological polar surface area (TPSA) is 77.2 Å². The number of carbonyl (C=O) groups excluding carboxylic acids is 1. The van der Waals surface area contributed by atoms with Gasteiger partial charge in [-0.15, -0.1) is 0 Å². The van der Waals surface area contributed by atoms with Crippen LogP contribution in [0.15, 0.2) is 64.2 Å². The second kappa shape index (κ2) is 7.87. The van der Waals surface area contributed by atoms with Crippen molar-refractivity contribution in [2.75, 3.05) is 13.1 Å². The molecule has 1 aliphatic heterocycles. The van der Waals surface area contributed by atoms with Gasteiger partial charge in [0.05, 0.1) is 12.2 Å². The van der Waals surface area contributed by atoms with Gasteiger partial charge in [0.1, 0.15) is 0 Å². The first kappa shape index (κ1) is 18.9. The highest BCUT2D eigenvalue weighted by atomic mass is 16.2. The molecule has 0 spiro atoms. The van der Waals surface area contributed by atoms with Crippen LogP contribution in [0.4, 0.5) is 0 Å². The summed E-state index contributed by atoms with van der Waals surface area (Å²) >= 11 is 0. The van der Waals surface area contributed by atoms with Gasteiger partial charge in [-0.3, -0.25) is 14.2 Å². The average Bonchev–Trinajstić information content (AvgIpc) is 3.28. The van der Waals surface area contributed by atoms with Crippen LogP contribution in [-0.2, 0) is 6.54 Å². The van der Waals surface area contributed by atoms with Crippen LogP contribution in [-0.4, -0.2) is 38.2 Å². The predicted octanol–water partition coefficient (Wildman–Crippen LogP) is 1.99. The van der Waals surface area contributed by atoms with E-state index in [1.54, 1.807) is 29.2 Å². The molecular weight excluding hydrogens is 368 g/mol. The van der Waals surface area contributed by atoms with Crippen LogP contribution in [0, 0.1) is 6.92 Å². The van der Waals surface area contributed by atoms with Crippen LogP contribution >= 0.6 is 0 Å². The van der Waals surface area contributed by atoms with Crippen LogP contribution < -0.4 is 11.2 Å². The molecule has 1 aliphatic rings. The lowest BCUT2D eigenvalue weighted by molar-refractivity contribution is 0.0781. The maximum absolute atomic E-state index is 13.1. The molecule has 2 heterocycles. The Labute approximate surface area is 167 Å². The number of rotatable bonds is 4. The van der Waals surface area contributed by atoms with Crippen LogP contribution in [0.25, 0.3) is 5.69 Å². The van der Waals surface area contributed by atoms with Crippen molar-refractivity contribution in [3.8, 4) is 5.69 Å². The first-order valence-electron chi connectivity index (χ1n) is 9.69. The van der Waals surface area contributed by atoms with Gasteiger partial charge in [0.25, 0.3) is 11.5 Å². The summed E-state index contributed by atoms with van der Waals surface area (Å²) in [6.07, 6.45) is 1.81. The maximum Gasteiger partial charge on any atom is 0.352 e. The van der Waals surface area contributed by atoms with Crippen molar-refractivity contribution >= 4 is 5.91 Å². The number of aryl methyl sites for hydroxylation is 1. The Bertz CT molecular complexity index is 1160. The summed E-state index contributed by atoms with van der Waals surface area (Å²) in [5.41, 5.74) is 0.881. The predicted molar refractivity (Wildman–Crippen MR) is 110 cm³/mol. The third-order valence-corrected chi connectivity index (χ3v) is 5.25. The number of nitrogens with zero attached hydrogens (tertiary/aromatic N) is 4. The summed E-state index contributed by atoms with van der Waals surface area (Å²) in [6.45, 7) is 3.21. The van der Waals surface area contributed by atoms with Crippen molar-refractivity contribution in [2.45, 2.75) is 26.3 Å². The smallest absolute Gasteiger partial charge is 0.337 e. The summed E-state index contributed by atoms with van der Waals surface area (Å²) in [5, 5.41) is 4.19. The third-order valence-electron chi connectivity index (χ3n) is 5.25. The Morgan fingerprint density at radius 1 is 0.966 bits per heavy atom. The Hall–Kier alpha value is -3.48. The van der Waals surface area contributed by atoms with Crippen LogP contribution in [0.5, 0.6) is 0 Å². The second-order valence-corrected chi connectivity index (χ2v) is 7.20. The van der Waals surface area contributed by atoms with Crippen molar-refractivity contribution in [1.29, 1.82) is 0 Å². The Morgan fingerprint density at radius 2 is 1.62 bits per heavy atom. The fraction of sp³-hybridized carbons (Fsp3) is 0.273. The van der Waals surface area contributed by atoms with Gasteiger partial charge in [-0.05, 0) is 43.0 Å². The van der Waals surface area contributed by atoms with E-state index in [1.165, 1.54) is 0 Å². The number of amides is 1. The van der Waals surface area contributed by atoms with E-state index in [0.717, 1.165) is 33.2 Å². The van der Waals surface area contributed by atoms with Crippen molar-refractivity contribution < 1.29 is 4.79 Å². The van der Waals surface area contributed by atoms with Gasteiger partial charge in [-0.2, -0.15) is 9.78 Å². The highest BCUT2D eigenvalue weighted by Crippen LogP contribution is 2.11. The average molecular weight is 390 g/mol. The number of carbonyl (C=O) groups is 1. The van der Waals surface area contributed by atoms with Gasteiger partial charge in [0.2, 0.25) is 5.69 Å². The number of likely N-dealkylation sites (tertiary alicyclic amines) is 1. The van der Waals surface area contributed by atoms with E-state index in [4.69, 9.17) is 0 Å². The van der Waals surface area contributed by atoms with E-state index in [-0.39, 0.29) is 12.2 Å². The molecule has 0 atom stereocenters. The number of hydrogen-bond acceptors (Lipinski definition) is 4. The molecule has 1 fully saturated rings. The molecule has 7 heteroatoms. The zero-order valence-corrected chi connectivity index (χ0v) is 16.2. The molecule has 29 heavy (non-hydrogen) atoms. The SMILES string of the molecule is Cc1ccccc1Cn1c(=O)c(C(=O)N2CCCC2)nn(-c2ccccc2)c1=O. The molecule has 0 radical (unpaired) electrons. The first-order valence-corrected chi connectivity index (χ1v) is 9.69. The molecule has 4 rings (SSSR count). The van der Waals surface area contributed by atoms with Crippen LogP contribution in [0.1, 0.15) is 34.5 Å². The first-order chi connectivity index (χ1) is 14.1.